The zero-order valence-electron chi connectivity index (χ0n) is 7.15. The standard InChI is InChI=1S/C8H9N5/c1-6(11-5-9)12-8-4-2-3-7(10)13-8/h2-4H,1H3,(H3,10,11,12,13). The molecule has 0 unspecified atom stereocenters. The first kappa shape index (κ1) is 9.00. The van der Waals surface area contributed by atoms with Crippen molar-refractivity contribution in [3.8, 4) is 6.19 Å². The molecule has 1 rings (SSSR count). The zero-order valence-corrected chi connectivity index (χ0v) is 7.15. The summed E-state index contributed by atoms with van der Waals surface area (Å²) in [6.45, 7) is 1.67. The largest absolute Gasteiger partial charge is 0.384 e. The number of anilines is 1. The van der Waals surface area contributed by atoms with Gasteiger partial charge in [0.05, 0.1) is 0 Å². The first-order valence-electron chi connectivity index (χ1n) is 3.65. The summed E-state index contributed by atoms with van der Waals surface area (Å²) in [6.07, 6.45) is 1.76. The molecule has 0 saturated heterocycles. The van der Waals surface area contributed by atoms with Gasteiger partial charge in [-0.2, -0.15) is 5.26 Å². The number of pyridine rings is 1. The summed E-state index contributed by atoms with van der Waals surface area (Å²) in [5.41, 5.74) is 5.44. The normalized spacial score (nSPS) is 10.6. The Morgan fingerprint density at radius 1 is 1.69 bits per heavy atom. The molecule has 1 aromatic heterocycles. The fourth-order valence-electron chi connectivity index (χ4n) is 0.783. The molecule has 13 heavy (non-hydrogen) atoms. The Labute approximate surface area is 75.9 Å². The number of hydrogen-bond acceptors (Lipinski definition) is 4. The SMILES string of the molecule is C/C(=N\c1cccc(N)n1)NC#N. The quantitative estimate of drug-likeness (QED) is 0.286. The highest BCUT2D eigenvalue weighted by atomic mass is 15.0. The maximum absolute atomic E-state index is 8.28. The predicted molar refractivity (Wildman–Crippen MR) is 50.2 cm³/mol. The number of nitrogens with zero attached hydrogens (tertiary/aromatic N) is 3. The summed E-state index contributed by atoms with van der Waals surface area (Å²) in [6, 6.07) is 5.13. The number of nitriles is 1. The Balaban J connectivity index is 2.86. The summed E-state index contributed by atoms with van der Waals surface area (Å²) in [4.78, 5) is 7.94. The van der Waals surface area contributed by atoms with Crippen LogP contribution < -0.4 is 11.1 Å². The molecular weight excluding hydrogens is 166 g/mol. The van der Waals surface area contributed by atoms with Crippen molar-refractivity contribution in [3.63, 3.8) is 0 Å². The summed E-state index contributed by atoms with van der Waals surface area (Å²) >= 11 is 0. The molecular formula is C8H9N5. The van der Waals surface area contributed by atoms with Crippen LogP contribution >= 0.6 is 0 Å². The van der Waals surface area contributed by atoms with E-state index in [4.69, 9.17) is 11.0 Å². The van der Waals surface area contributed by atoms with Crippen LogP contribution in [0.25, 0.3) is 0 Å². The molecule has 0 bridgehead atoms. The van der Waals surface area contributed by atoms with E-state index in [0.717, 1.165) is 0 Å². The lowest BCUT2D eigenvalue weighted by molar-refractivity contribution is 1.20. The molecule has 0 fully saturated rings. The molecule has 66 valence electrons. The van der Waals surface area contributed by atoms with Crippen molar-refractivity contribution in [2.45, 2.75) is 6.92 Å². The van der Waals surface area contributed by atoms with Crippen LogP contribution in [0.5, 0.6) is 0 Å². The van der Waals surface area contributed by atoms with E-state index in [-0.39, 0.29) is 0 Å². The molecule has 0 spiro atoms. The van der Waals surface area contributed by atoms with Gasteiger partial charge in [-0.15, -0.1) is 0 Å². The summed E-state index contributed by atoms with van der Waals surface area (Å²) in [5.74, 6) is 1.38. The monoisotopic (exact) mass is 175 g/mol. The molecule has 0 aromatic carbocycles. The van der Waals surface area contributed by atoms with Gasteiger partial charge in [0.2, 0.25) is 0 Å². The van der Waals surface area contributed by atoms with E-state index in [1.54, 1.807) is 31.3 Å². The molecule has 1 heterocycles. The van der Waals surface area contributed by atoms with E-state index in [0.29, 0.717) is 17.5 Å². The van der Waals surface area contributed by atoms with Gasteiger partial charge >= 0.3 is 0 Å². The van der Waals surface area contributed by atoms with Gasteiger partial charge in [0.1, 0.15) is 11.7 Å². The molecule has 0 saturated carbocycles. The Bertz CT molecular complexity index is 363. The van der Waals surface area contributed by atoms with Crippen LogP contribution in [0.15, 0.2) is 23.2 Å². The highest BCUT2D eigenvalue weighted by molar-refractivity contribution is 5.83. The van der Waals surface area contributed by atoms with E-state index in [2.05, 4.69) is 15.3 Å². The van der Waals surface area contributed by atoms with Crippen molar-refractivity contribution in [1.29, 1.82) is 5.26 Å². The smallest absolute Gasteiger partial charge is 0.182 e. The van der Waals surface area contributed by atoms with Crippen molar-refractivity contribution in [3.05, 3.63) is 18.2 Å². The van der Waals surface area contributed by atoms with Crippen molar-refractivity contribution >= 4 is 17.5 Å². The lowest BCUT2D eigenvalue weighted by Crippen LogP contribution is -2.12. The molecule has 0 aliphatic rings. The number of amidine groups is 1. The maximum atomic E-state index is 8.28. The summed E-state index contributed by atoms with van der Waals surface area (Å²) in [5, 5.41) is 10.7. The lowest BCUT2D eigenvalue weighted by atomic mass is 10.4. The molecule has 0 radical (unpaired) electrons. The van der Waals surface area contributed by atoms with Gasteiger partial charge in [-0.05, 0) is 19.1 Å². The van der Waals surface area contributed by atoms with E-state index < -0.39 is 0 Å². The van der Waals surface area contributed by atoms with Crippen molar-refractivity contribution in [1.82, 2.24) is 10.3 Å². The van der Waals surface area contributed by atoms with Gasteiger partial charge in [0.25, 0.3) is 0 Å². The third kappa shape index (κ3) is 2.79. The average molecular weight is 175 g/mol. The number of nitrogens with one attached hydrogen (secondary N) is 1. The lowest BCUT2D eigenvalue weighted by Gasteiger charge is -1.96. The van der Waals surface area contributed by atoms with Crippen LogP contribution in [0.1, 0.15) is 6.92 Å². The first-order chi connectivity index (χ1) is 6.22. The van der Waals surface area contributed by atoms with Crippen LogP contribution in [0.4, 0.5) is 11.6 Å². The van der Waals surface area contributed by atoms with E-state index in [9.17, 15) is 0 Å². The first-order valence-corrected chi connectivity index (χ1v) is 3.65. The third-order valence-electron chi connectivity index (χ3n) is 1.27. The molecule has 5 nitrogen and oxygen atoms in total. The van der Waals surface area contributed by atoms with E-state index in [1.165, 1.54) is 0 Å². The van der Waals surface area contributed by atoms with Gasteiger partial charge in [-0.25, -0.2) is 9.98 Å². The zero-order chi connectivity index (χ0) is 9.68. The minimum atomic E-state index is 0.408. The molecule has 1 aromatic rings. The molecule has 0 aliphatic carbocycles. The molecule has 0 aliphatic heterocycles. The second-order valence-corrected chi connectivity index (χ2v) is 2.35. The molecule has 5 heteroatoms. The van der Waals surface area contributed by atoms with Gasteiger partial charge in [0.15, 0.2) is 12.0 Å². The van der Waals surface area contributed by atoms with Crippen LogP contribution in [0.2, 0.25) is 0 Å². The van der Waals surface area contributed by atoms with E-state index >= 15 is 0 Å². The number of nitrogen functional groups attached to an aromatic ring is 1. The minimum Gasteiger partial charge on any atom is -0.384 e. The highest BCUT2D eigenvalue weighted by Gasteiger charge is 1.92. The number of hydrogen-bond donors (Lipinski definition) is 2. The van der Waals surface area contributed by atoms with Crippen LogP contribution in [-0.2, 0) is 0 Å². The van der Waals surface area contributed by atoms with Crippen LogP contribution in [0.3, 0.4) is 0 Å². The van der Waals surface area contributed by atoms with Crippen molar-refractivity contribution in [2.24, 2.45) is 4.99 Å². The van der Waals surface area contributed by atoms with Gasteiger partial charge in [-0.1, -0.05) is 6.07 Å². The summed E-state index contributed by atoms with van der Waals surface area (Å²) < 4.78 is 0. The highest BCUT2D eigenvalue weighted by Crippen LogP contribution is 2.09. The second kappa shape index (κ2) is 4.07. The van der Waals surface area contributed by atoms with Crippen LogP contribution in [0, 0.1) is 11.5 Å². The van der Waals surface area contributed by atoms with Crippen molar-refractivity contribution in [2.75, 3.05) is 5.73 Å². The number of aromatic nitrogens is 1. The third-order valence-corrected chi connectivity index (χ3v) is 1.27. The topological polar surface area (TPSA) is 87.1 Å². The second-order valence-electron chi connectivity index (χ2n) is 2.35. The van der Waals surface area contributed by atoms with Crippen LogP contribution in [-0.4, -0.2) is 10.8 Å². The average Bonchev–Trinajstić information content (AvgIpc) is 2.04. The van der Waals surface area contributed by atoms with E-state index in [1.807, 2.05) is 0 Å². The number of nitrogens with two attached hydrogens (primary N) is 1. The molecule has 0 atom stereocenters. The van der Waals surface area contributed by atoms with Gasteiger partial charge in [-0.3, -0.25) is 5.32 Å². The fraction of sp³-hybridized carbons (Fsp3) is 0.125. The Kier molecular flexibility index (Phi) is 2.82. The predicted octanol–water partition coefficient (Wildman–Crippen LogP) is 0.784. The number of aliphatic imine (C=N–C) groups is 1. The fourth-order valence-corrected chi connectivity index (χ4v) is 0.783. The minimum absolute atomic E-state index is 0.408. The van der Waals surface area contributed by atoms with Gasteiger partial charge < -0.3 is 5.73 Å². The van der Waals surface area contributed by atoms with Gasteiger partial charge in [0, 0.05) is 0 Å². The summed E-state index contributed by atoms with van der Waals surface area (Å²) in [7, 11) is 0. The Morgan fingerprint density at radius 2 is 2.46 bits per heavy atom. The maximum Gasteiger partial charge on any atom is 0.182 e. The molecule has 3 N–H and O–H groups in total. The van der Waals surface area contributed by atoms with Crippen molar-refractivity contribution < 1.29 is 0 Å². The Hall–Kier alpha value is -2.09. The Morgan fingerprint density at radius 3 is 3.08 bits per heavy atom. The number of rotatable bonds is 1. The molecule has 0 amide bonds.